The van der Waals surface area contributed by atoms with Gasteiger partial charge in [0.2, 0.25) is 0 Å². The molecule has 4 rings (SSSR count). The van der Waals surface area contributed by atoms with Gasteiger partial charge in [0, 0.05) is 25.8 Å². The molecular formula is C17H18N4O. The van der Waals surface area contributed by atoms with Gasteiger partial charge >= 0.3 is 0 Å². The Balaban J connectivity index is 1.38. The molecule has 0 radical (unpaired) electrons. The average molecular weight is 294 g/mol. The zero-order chi connectivity index (χ0) is 14.9. The van der Waals surface area contributed by atoms with Gasteiger partial charge in [-0.15, -0.1) is 0 Å². The molecule has 112 valence electrons. The molecule has 1 unspecified atom stereocenters. The molecule has 3 heterocycles. The Morgan fingerprint density at radius 3 is 3.00 bits per heavy atom. The lowest BCUT2D eigenvalue weighted by atomic mass is 9.96. The molecule has 0 spiro atoms. The molecule has 1 fully saturated rings. The number of hydrogen-bond donors (Lipinski definition) is 0. The number of benzene rings is 1. The van der Waals surface area contributed by atoms with E-state index < -0.39 is 0 Å². The second kappa shape index (κ2) is 5.56. The van der Waals surface area contributed by atoms with Crippen molar-refractivity contribution in [2.75, 3.05) is 26.2 Å². The Kier molecular flexibility index (Phi) is 3.41. The Bertz CT molecular complexity index is 711. The fraction of sp³-hybridized carbons (Fsp3) is 0.412. The number of nitriles is 1. The molecule has 1 atom stereocenters. The van der Waals surface area contributed by atoms with Gasteiger partial charge in [0.15, 0.2) is 0 Å². The van der Waals surface area contributed by atoms with Crippen LogP contribution in [0.2, 0.25) is 0 Å². The van der Waals surface area contributed by atoms with Gasteiger partial charge in [-0.3, -0.25) is 9.58 Å². The summed E-state index contributed by atoms with van der Waals surface area (Å²) in [6.07, 6.45) is 4.65. The normalized spacial score (nSPS) is 21.9. The van der Waals surface area contributed by atoms with Crippen LogP contribution in [0.25, 0.3) is 0 Å². The van der Waals surface area contributed by atoms with E-state index in [2.05, 4.69) is 40.3 Å². The topological polar surface area (TPSA) is 54.1 Å². The summed E-state index contributed by atoms with van der Waals surface area (Å²) in [7, 11) is 0. The van der Waals surface area contributed by atoms with Crippen LogP contribution in [-0.4, -0.2) is 40.9 Å². The first kappa shape index (κ1) is 13.5. The second-order valence-electron chi connectivity index (χ2n) is 6.00. The maximum Gasteiger partial charge on any atom is 0.102 e. The summed E-state index contributed by atoms with van der Waals surface area (Å²) >= 11 is 0. The van der Waals surface area contributed by atoms with Crippen molar-refractivity contribution in [3.05, 3.63) is 53.3 Å². The first-order valence-electron chi connectivity index (χ1n) is 7.69. The molecule has 1 saturated heterocycles. The van der Waals surface area contributed by atoms with E-state index in [-0.39, 0.29) is 6.10 Å². The molecule has 1 aromatic carbocycles. The lowest BCUT2D eigenvalue weighted by Crippen LogP contribution is -2.49. The maximum absolute atomic E-state index is 8.85. The number of likely N-dealkylation sites (tertiary alicyclic amines) is 1. The molecule has 2 aliphatic heterocycles. The largest absolute Gasteiger partial charge is 0.372 e. The highest BCUT2D eigenvalue weighted by Gasteiger charge is 2.32. The molecule has 1 aromatic heterocycles. The van der Waals surface area contributed by atoms with Crippen LogP contribution in [0.4, 0.5) is 0 Å². The van der Waals surface area contributed by atoms with Gasteiger partial charge in [0.25, 0.3) is 0 Å². The van der Waals surface area contributed by atoms with Crippen molar-refractivity contribution in [1.29, 1.82) is 5.26 Å². The monoisotopic (exact) mass is 294 g/mol. The Morgan fingerprint density at radius 2 is 2.18 bits per heavy atom. The number of ether oxygens (including phenoxy) is 1. The minimum absolute atomic E-state index is 0.179. The highest BCUT2D eigenvalue weighted by molar-refractivity contribution is 5.31. The first-order chi connectivity index (χ1) is 10.8. The summed E-state index contributed by atoms with van der Waals surface area (Å²) in [6, 6.07) is 11.1. The van der Waals surface area contributed by atoms with Gasteiger partial charge in [-0.2, -0.15) is 10.4 Å². The van der Waals surface area contributed by atoms with Crippen LogP contribution in [0, 0.1) is 11.3 Å². The van der Waals surface area contributed by atoms with Crippen LogP contribution in [0.1, 0.15) is 28.8 Å². The molecule has 2 aliphatic rings. The summed E-state index contributed by atoms with van der Waals surface area (Å²) in [5, 5.41) is 13.1. The number of hydrogen-bond acceptors (Lipinski definition) is 4. The molecule has 0 amide bonds. The summed E-state index contributed by atoms with van der Waals surface area (Å²) in [5.74, 6) is 0. The van der Waals surface area contributed by atoms with Gasteiger partial charge < -0.3 is 4.74 Å². The third kappa shape index (κ3) is 2.41. The SMILES string of the molecule is N#Cc1cnn(C2CN(CC3OCCc4ccccc43)C2)c1. The molecule has 22 heavy (non-hydrogen) atoms. The zero-order valence-electron chi connectivity index (χ0n) is 12.4. The lowest BCUT2D eigenvalue weighted by Gasteiger charge is -2.41. The van der Waals surface area contributed by atoms with E-state index in [4.69, 9.17) is 10.00 Å². The minimum Gasteiger partial charge on any atom is -0.372 e. The van der Waals surface area contributed by atoms with Crippen LogP contribution in [0.15, 0.2) is 36.7 Å². The van der Waals surface area contributed by atoms with Gasteiger partial charge in [0.1, 0.15) is 6.07 Å². The Morgan fingerprint density at radius 1 is 1.32 bits per heavy atom. The van der Waals surface area contributed by atoms with Crippen LogP contribution in [-0.2, 0) is 11.2 Å². The highest BCUT2D eigenvalue weighted by atomic mass is 16.5. The molecule has 0 saturated carbocycles. The Labute approximate surface area is 129 Å². The molecule has 2 aromatic rings. The predicted molar refractivity (Wildman–Crippen MR) is 81.3 cm³/mol. The summed E-state index contributed by atoms with van der Waals surface area (Å²) < 4.78 is 7.87. The standard InChI is InChI=1S/C17H18N4O/c18-7-13-8-19-21(9-13)15-10-20(11-15)12-17-16-4-2-1-3-14(16)5-6-22-17/h1-4,8-9,15,17H,5-6,10-12H2. The van der Waals surface area contributed by atoms with Crippen molar-refractivity contribution in [1.82, 2.24) is 14.7 Å². The third-order valence-electron chi connectivity index (χ3n) is 4.56. The van der Waals surface area contributed by atoms with Gasteiger partial charge in [-0.05, 0) is 17.5 Å². The quantitative estimate of drug-likeness (QED) is 0.868. The summed E-state index contributed by atoms with van der Waals surface area (Å²) in [4.78, 5) is 2.39. The van der Waals surface area contributed by atoms with E-state index >= 15 is 0 Å². The second-order valence-corrected chi connectivity index (χ2v) is 6.00. The third-order valence-corrected chi connectivity index (χ3v) is 4.56. The van der Waals surface area contributed by atoms with Crippen molar-refractivity contribution in [2.45, 2.75) is 18.6 Å². The van der Waals surface area contributed by atoms with Gasteiger partial charge in [0.05, 0.1) is 30.5 Å². The molecule has 0 N–H and O–H groups in total. The van der Waals surface area contributed by atoms with Crippen molar-refractivity contribution in [2.24, 2.45) is 0 Å². The van der Waals surface area contributed by atoms with E-state index in [1.807, 2.05) is 10.9 Å². The van der Waals surface area contributed by atoms with Crippen LogP contribution < -0.4 is 0 Å². The number of rotatable bonds is 3. The van der Waals surface area contributed by atoms with Crippen molar-refractivity contribution < 1.29 is 4.74 Å². The average Bonchev–Trinajstić information content (AvgIpc) is 2.99. The molecular weight excluding hydrogens is 276 g/mol. The van der Waals surface area contributed by atoms with Crippen molar-refractivity contribution >= 4 is 0 Å². The van der Waals surface area contributed by atoms with E-state index in [1.54, 1.807) is 6.20 Å². The molecule has 5 nitrogen and oxygen atoms in total. The van der Waals surface area contributed by atoms with E-state index in [0.29, 0.717) is 11.6 Å². The fourth-order valence-corrected chi connectivity index (χ4v) is 3.32. The van der Waals surface area contributed by atoms with Crippen molar-refractivity contribution in [3.63, 3.8) is 0 Å². The van der Waals surface area contributed by atoms with Crippen molar-refractivity contribution in [3.8, 4) is 6.07 Å². The number of aromatic nitrogens is 2. The van der Waals surface area contributed by atoms with Gasteiger partial charge in [-0.25, -0.2) is 0 Å². The van der Waals surface area contributed by atoms with Gasteiger partial charge in [-0.1, -0.05) is 24.3 Å². The van der Waals surface area contributed by atoms with E-state index in [9.17, 15) is 0 Å². The summed E-state index contributed by atoms with van der Waals surface area (Å²) in [6.45, 7) is 3.67. The number of fused-ring (bicyclic) bond motifs is 1. The van der Waals surface area contributed by atoms with E-state index in [1.165, 1.54) is 11.1 Å². The van der Waals surface area contributed by atoms with Crippen LogP contribution in [0.3, 0.4) is 0 Å². The van der Waals surface area contributed by atoms with Crippen LogP contribution >= 0.6 is 0 Å². The number of nitrogens with zero attached hydrogens (tertiary/aromatic N) is 4. The Hall–Kier alpha value is -2.16. The minimum atomic E-state index is 0.179. The molecule has 0 bridgehead atoms. The van der Waals surface area contributed by atoms with Crippen LogP contribution in [0.5, 0.6) is 0 Å². The fourth-order valence-electron chi connectivity index (χ4n) is 3.32. The smallest absolute Gasteiger partial charge is 0.102 e. The lowest BCUT2D eigenvalue weighted by molar-refractivity contribution is -0.0133. The molecule has 0 aliphatic carbocycles. The van der Waals surface area contributed by atoms with E-state index in [0.717, 1.165) is 32.7 Å². The first-order valence-corrected chi connectivity index (χ1v) is 7.69. The summed E-state index contributed by atoms with van der Waals surface area (Å²) in [5.41, 5.74) is 3.38. The predicted octanol–water partition coefficient (Wildman–Crippen LogP) is 1.93. The highest BCUT2D eigenvalue weighted by Crippen LogP contribution is 2.30. The molecule has 5 heteroatoms. The zero-order valence-corrected chi connectivity index (χ0v) is 12.4. The maximum atomic E-state index is 8.85.